The average molecular weight is 297 g/mol. The van der Waals surface area contributed by atoms with Gasteiger partial charge in [-0.1, -0.05) is 20.8 Å². The maximum atomic E-state index is 12.2. The number of carbonyl (C=O) groups is 2. The fraction of sp³-hybridized carbons (Fsp3) is 0.875. The molecule has 0 spiro atoms. The minimum Gasteiger partial charge on any atom is -0.357 e. The van der Waals surface area contributed by atoms with E-state index in [-0.39, 0.29) is 11.8 Å². The summed E-state index contributed by atoms with van der Waals surface area (Å²) in [6.07, 6.45) is 3.54. The van der Waals surface area contributed by atoms with Gasteiger partial charge < -0.3 is 16.0 Å². The van der Waals surface area contributed by atoms with E-state index in [9.17, 15) is 9.59 Å². The molecule has 21 heavy (non-hydrogen) atoms. The molecule has 0 aromatic carbocycles. The normalized spacial score (nSPS) is 21.7. The van der Waals surface area contributed by atoms with Crippen molar-refractivity contribution in [1.29, 1.82) is 0 Å². The zero-order valence-electron chi connectivity index (χ0n) is 13.9. The monoisotopic (exact) mass is 297 g/mol. The Morgan fingerprint density at radius 3 is 2.52 bits per heavy atom. The molecule has 3 atom stereocenters. The summed E-state index contributed by atoms with van der Waals surface area (Å²) in [5.74, 6) is 1.16. The van der Waals surface area contributed by atoms with Crippen molar-refractivity contribution >= 4 is 11.8 Å². The Hall–Kier alpha value is -1.10. The summed E-state index contributed by atoms with van der Waals surface area (Å²) in [6, 6.07) is -0.417. The van der Waals surface area contributed by atoms with Crippen LogP contribution in [-0.2, 0) is 9.59 Å². The van der Waals surface area contributed by atoms with Gasteiger partial charge in [0.1, 0.15) is 6.04 Å². The number of amides is 2. The predicted molar refractivity (Wildman–Crippen MR) is 84.8 cm³/mol. The molecule has 1 aliphatic rings. The summed E-state index contributed by atoms with van der Waals surface area (Å²) in [7, 11) is 1.61. The number of rotatable bonds is 7. The molecule has 5 heteroatoms. The molecule has 1 heterocycles. The molecule has 1 aliphatic heterocycles. The lowest BCUT2D eigenvalue weighted by Crippen LogP contribution is -2.47. The number of carbonyl (C=O) groups excluding carboxylic acids is 2. The van der Waals surface area contributed by atoms with Gasteiger partial charge >= 0.3 is 0 Å². The Bertz CT molecular complexity index is 338. The maximum absolute atomic E-state index is 12.2. The third-order valence-corrected chi connectivity index (χ3v) is 4.25. The van der Waals surface area contributed by atoms with Gasteiger partial charge in [0.15, 0.2) is 0 Å². The van der Waals surface area contributed by atoms with Crippen molar-refractivity contribution in [3.05, 3.63) is 0 Å². The Morgan fingerprint density at radius 2 is 2.00 bits per heavy atom. The molecule has 1 fully saturated rings. The third kappa shape index (κ3) is 6.46. The molecule has 0 saturated carbocycles. The van der Waals surface area contributed by atoms with E-state index < -0.39 is 6.04 Å². The van der Waals surface area contributed by atoms with Crippen LogP contribution in [0.1, 0.15) is 46.5 Å². The van der Waals surface area contributed by atoms with E-state index >= 15 is 0 Å². The second-order valence-corrected chi connectivity index (χ2v) is 6.65. The fourth-order valence-electron chi connectivity index (χ4n) is 2.95. The second-order valence-electron chi connectivity index (χ2n) is 6.65. The zero-order valence-corrected chi connectivity index (χ0v) is 13.9. The van der Waals surface area contributed by atoms with Crippen molar-refractivity contribution in [2.24, 2.45) is 17.8 Å². The second kappa shape index (κ2) is 9.03. The quantitative estimate of drug-likeness (QED) is 0.663. The molecule has 1 saturated heterocycles. The van der Waals surface area contributed by atoms with Crippen LogP contribution < -0.4 is 16.0 Å². The van der Waals surface area contributed by atoms with E-state index in [1.54, 1.807) is 7.05 Å². The molecule has 5 nitrogen and oxygen atoms in total. The van der Waals surface area contributed by atoms with Gasteiger partial charge in [0, 0.05) is 13.5 Å². The SMILES string of the molecule is CNC(=O)C(CC(C)C)NC(=O)CC(C)C1CCCNC1. The van der Waals surface area contributed by atoms with E-state index in [2.05, 4.69) is 36.7 Å². The Kier molecular flexibility index (Phi) is 7.72. The van der Waals surface area contributed by atoms with Crippen LogP contribution in [0.2, 0.25) is 0 Å². The minimum absolute atomic E-state index is 0.0117. The van der Waals surface area contributed by atoms with E-state index in [1.165, 1.54) is 12.8 Å². The fourth-order valence-corrected chi connectivity index (χ4v) is 2.95. The highest BCUT2D eigenvalue weighted by molar-refractivity contribution is 5.87. The van der Waals surface area contributed by atoms with Gasteiger partial charge in [-0.2, -0.15) is 0 Å². The molecule has 2 amide bonds. The van der Waals surface area contributed by atoms with Crippen molar-refractivity contribution in [1.82, 2.24) is 16.0 Å². The largest absolute Gasteiger partial charge is 0.357 e. The van der Waals surface area contributed by atoms with Crippen LogP contribution in [0.4, 0.5) is 0 Å². The topological polar surface area (TPSA) is 70.2 Å². The standard InChI is InChI=1S/C16H31N3O2/c1-11(2)8-14(16(21)17-4)19-15(20)9-12(3)13-6-5-7-18-10-13/h11-14,18H,5-10H2,1-4H3,(H,17,21)(H,19,20). The average Bonchev–Trinajstić information content (AvgIpc) is 2.46. The van der Waals surface area contributed by atoms with E-state index in [0.717, 1.165) is 13.1 Å². The number of piperidine rings is 1. The van der Waals surface area contributed by atoms with Crippen LogP contribution in [0.3, 0.4) is 0 Å². The predicted octanol–water partition coefficient (Wildman–Crippen LogP) is 1.29. The molecule has 0 aromatic heterocycles. The molecular formula is C16H31N3O2. The summed E-state index contributed by atoms with van der Waals surface area (Å²) in [4.78, 5) is 24.0. The first-order valence-electron chi connectivity index (χ1n) is 8.15. The van der Waals surface area contributed by atoms with Crippen LogP contribution >= 0.6 is 0 Å². The summed E-state index contributed by atoms with van der Waals surface area (Å²) in [5, 5.41) is 8.91. The van der Waals surface area contributed by atoms with Gasteiger partial charge in [-0.15, -0.1) is 0 Å². The first-order valence-corrected chi connectivity index (χ1v) is 8.15. The minimum atomic E-state index is -0.417. The number of hydrogen-bond acceptors (Lipinski definition) is 3. The van der Waals surface area contributed by atoms with Crippen molar-refractivity contribution in [3.63, 3.8) is 0 Å². The van der Waals surface area contributed by atoms with Crippen LogP contribution in [0, 0.1) is 17.8 Å². The van der Waals surface area contributed by atoms with Crippen LogP contribution in [0.15, 0.2) is 0 Å². The first-order chi connectivity index (χ1) is 9.93. The number of likely N-dealkylation sites (N-methyl/N-ethyl adjacent to an activating group) is 1. The molecular weight excluding hydrogens is 266 g/mol. The summed E-state index contributed by atoms with van der Waals surface area (Å²) >= 11 is 0. The summed E-state index contributed by atoms with van der Waals surface area (Å²) in [6.45, 7) is 8.33. The molecule has 0 radical (unpaired) electrons. The van der Waals surface area contributed by atoms with Crippen LogP contribution in [-0.4, -0.2) is 38.0 Å². The Morgan fingerprint density at radius 1 is 1.29 bits per heavy atom. The van der Waals surface area contributed by atoms with Gasteiger partial charge in [0.05, 0.1) is 0 Å². The van der Waals surface area contributed by atoms with Crippen molar-refractivity contribution in [3.8, 4) is 0 Å². The Balaban J connectivity index is 2.46. The van der Waals surface area contributed by atoms with Gasteiger partial charge in [0.2, 0.25) is 11.8 Å². The first kappa shape index (κ1) is 18.0. The lowest BCUT2D eigenvalue weighted by molar-refractivity contribution is -0.129. The summed E-state index contributed by atoms with van der Waals surface area (Å²) in [5.41, 5.74) is 0. The lowest BCUT2D eigenvalue weighted by Gasteiger charge is -2.28. The van der Waals surface area contributed by atoms with Gasteiger partial charge in [0.25, 0.3) is 0 Å². The van der Waals surface area contributed by atoms with Crippen molar-refractivity contribution < 1.29 is 9.59 Å². The molecule has 3 N–H and O–H groups in total. The van der Waals surface area contributed by atoms with E-state index in [4.69, 9.17) is 0 Å². The number of nitrogens with one attached hydrogen (secondary N) is 3. The molecule has 0 aliphatic carbocycles. The summed E-state index contributed by atoms with van der Waals surface area (Å²) < 4.78 is 0. The highest BCUT2D eigenvalue weighted by Crippen LogP contribution is 2.22. The van der Waals surface area contributed by atoms with Crippen LogP contribution in [0.5, 0.6) is 0 Å². The Labute approximate surface area is 128 Å². The molecule has 122 valence electrons. The highest BCUT2D eigenvalue weighted by Gasteiger charge is 2.25. The van der Waals surface area contributed by atoms with E-state index in [1.807, 2.05) is 0 Å². The van der Waals surface area contributed by atoms with Crippen molar-refractivity contribution in [2.75, 3.05) is 20.1 Å². The molecule has 1 rings (SSSR count). The molecule has 0 aromatic rings. The smallest absolute Gasteiger partial charge is 0.242 e. The van der Waals surface area contributed by atoms with Crippen molar-refractivity contribution in [2.45, 2.75) is 52.5 Å². The van der Waals surface area contributed by atoms with E-state index in [0.29, 0.717) is 30.6 Å². The zero-order chi connectivity index (χ0) is 15.8. The third-order valence-electron chi connectivity index (χ3n) is 4.25. The maximum Gasteiger partial charge on any atom is 0.242 e. The number of hydrogen-bond donors (Lipinski definition) is 3. The van der Waals surface area contributed by atoms with Gasteiger partial charge in [-0.3, -0.25) is 9.59 Å². The van der Waals surface area contributed by atoms with Gasteiger partial charge in [-0.05, 0) is 50.1 Å². The highest BCUT2D eigenvalue weighted by atomic mass is 16.2. The van der Waals surface area contributed by atoms with Gasteiger partial charge in [-0.25, -0.2) is 0 Å². The molecule has 0 bridgehead atoms. The van der Waals surface area contributed by atoms with Crippen LogP contribution in [0.25, 0.3) is 0 Å². The lowest BCUT2D eigenvalue weighted by atomic mass is 9.85. The molecule has 3 unspecified atom stereocenters.